The number of hydrogen-bond acceptors (Lipinski definition) is 18. The molecule has 0 bridgehead atoms. The number of rotatable bonds is 19. The van der Waals surface area contributed by atoms with Crippen molar-refractivity contribution in [1.82, 2.24) is 46.8 Å². The standard InChI is InChI=1S/C50H71N9O13/c60-47(51-15-21-66-27-28-67-22-16-52-50(65)72-34-40-38-11-13-41-42(56-57-55-41)14-12-39(38)40)36-9-7-35(8-10-36)46(43-4-2-6-45(54-43)49(63)64)59-19-25-70-31-29-68-23-17-58(18-24-69-30-32-71-26-20-59)33-37-3-1-5-44(53-37)48(61)62/h1-10,38-42,46,55-57H,11-34H2,(H,51,60)(H,52,65)(H,61,62)(H,63,64)/t38-,39+,40-,41?,42?,46?. The number of benzene rings is 1. The van der Waals surface area contributed by atoms with Crippen LogP contribution in [0.4, 0.5) is 4.79 Å². The van der Waals surface area contributed by atoms with Crippen molar-refractivity contribution in [1.29, 1.82) is 0 Å². The molecule has 4 heterocycles. The van der Waals surface area contributed by atoms with Crippen molar-refractivity contribution < 1.29 is 62.5 Å². The van der Waals surface area contributed by atoms with E-state index in [0.717, 1.165) is 31.2 Å². The van der Waals surface area contributed by atoms with E-state index in [4.69, 9.17) is 33.2 Å². The van der Waals surface area contributed by atoms with Gasteiger partial charge in [-0.1, -0.05) is 24.3 Å². The summed E-state index contributed by atoms with van der Waals surface area (Å²) in [6.07, 6.45) is 4.10. The zero-order valence-corrected chi connectivity index (χ0v) is 40.9. The Labute approximate surface area is 420 Å². The van der Waals surface area contributed by atoms with Crippen LogP contribution in [0.2, 0.25) is 0 Å². The molecule has 2 saturated heterocycles. The summed E-state index contributed by atoms with van der Waals surface area (Å²) in [7, 11) is 0. The van der Waals surface area contributed by atoms with Gasteiger partial charge in [-0.05, 0) is 85.4 Å². The van der Waals surface area contributed by atoms with Gasteiger partial charge in [0.05, 0.1) is 103 Å². The molecule has 2 amide bonds. The highest BCUT2D eigenvalue weighted by Crippen LogP contribution is 2.53. The number of carbonyl (C=O) groups excluding carboxylic acids is 2. The molecule has 3 aromatic rings. The smallest absolute Gasteiger partial charge is 0.407 e. The molecular weight excluding hydrogens is 935 g/mol. The Kier molecular flexibility index (Phi) is 22.3. The van der Waals surface area contributed by atoms with Gasteiger partial charge in [0.15, 0.2) is 0 Å². The van der Waals surface area contributed by atoms with E-state index in [-0.39, 0.29) is 30.4 Å². The van der Waals surface area contributed by atoms with Crippen molar-refractivity contribution >= 4 is 23.9 Å². The normalized spacial score (nSPS) is 23.4. The lowest BCUT2D eigenvalue weighted by Gasteiger charge is -2.32. The average Bonchev–Trinajstić information content (AvgIpc) is 3.84. The molecule has 22 nitrogen and oxygen atoms in total. The summed E-state index contributed by atoms with van der Waals surface area (Å²) < 4.78 is 40.6. The molecule has 3 unspecified atom stereocenters. The number of hydrogen-bond donors (Lipinski definition) is 7. The van der Waals surface area contributed by atoms with Gasteiger partial charge in [-0.3, -0.25) is 14.6 Å². The van der Waals surface area contributed by atoms with Gasteiger partial charge in [0.25, 0.3) is 5.91 Å². The quantitative estimate of drug-likeness (QED) is 0.0848. The second-order valence-corrected chi connectivity index (χ2v) is 18.1. The van der Waals surface area contributed by atoms with Gasteiger partial charge in [0, 0.05) is 63.5 Å². The van der Waals surface area contributed by atoms with Crippen LogP contribution in [0.25, 0.3) is 0 Å². The van der Waals surface area contributed by atoms with E-state index >= 15 is 0 Å². The number of fused-ring (bicyclic) bond motifs is 2. The first-order valence-corrected chi connectivity index (χ1v) is 25.1. The number of hydrazine groups is 2. The minimum Gasteiger partial charge on any atom is -0.477 e. The van der Waals surface area contributed by atoms with Crippen LogP contribution >= 0.6 is 0 Å². The van der Waals surface area contributed by atoms with Crippen LogP contribution in [0, 0.1) is 17.8 Å². The van der Waals surface area contributed by atoms with Crippen LogP contribution in [-0.4, -0.2) is 191 Å². The number of amides is 2. The fourth-order valence-corrected chi connectivity index (χ4v) is 9.51. The molecule has 2 aliphatic heterocycles. The predicted octanol–water partition coefficient (Wildman–Crippen LogP) is 2.12. The van der Waals surface area contributed by atoms with E-state index in [1.807, 2.05) is 12.1 Å². The molecule has 22 heteroatoms. The summed E-state index contributed by atoms with van der Waals surface area (Å²) in [4.78, 5) is 61.9. The number of nitrogens with one attached hydrogen (secondary N) is 5. The molecule has 0 radical (unpaired) electrons. The van der Waals surface area contributed by atoms with Crippen molar-refractivity contribution in [2.75, 3.05) is 125 Å². The highest BCUT2D eigenvalue weighted by molar-refractivity contribution is 5.94. The molecule has 1 aromatic carbocycles. The van der Waals surface area contributed by atoms with Crippen LogP contribution < -0.4 is 27.0 Å². The first-order chi connectivity index (χ1) is 35.2. The lowest BCUT2D eigenvalue weighted by atomic mass is 9.94. The number of aromatic carboxylic acids is 2. The van der Waals surface area contributed by atoms with E-state index in [9.17, 15) is 29.4 Å². The molecule has 72 heavy (non-hydrogen) atoms. The molecule has 394 valence electrons. The van der Waals surface area contributed by atoms with Crippen LogP contribution in [-0.2, 0) is 39.7 Å². The molecule has 4 fully saturated rings. The number of nitrogens with zero attached hydrogens (tertiary/aromatic N) is 4. The molecule has 0 spiro atoms. The second kappa shape index (κ2) is 29.5. The fraction of sp³-hybridized carbons (Fsp3) is 0.600. The van der Waals surface area contributed by atoms with Gasteiger partial charge < -0.3 is 54.0 Å². The van der Waals surface area contributed by atoms with Crippen molar-refractivity contribution in [3.8, 4) is 0 Å². The molecule has 6 atom stereocenters. The van der Waals surface area contributed by atoms with Crippen molar-refractivity contribution in [3.63, 3.8) is 0 Å². The first-order valence-electron chi connectivity index (χ1n) is 25.1. The summed E-state index contributed by atoms with van der Waals surface area (Å²) in [6.45, 7) is 7.66. The number of carbonyl (C=O) groups is 4. The van der Waals surface area contributed by atoms with Crippen LogP contribution in [0.15, 0.2) is 60.7 Å². The summed E-state index contributed by atoms with van der Waals surface area (Å²) in [5.74, 6) is -0.785. The highest BCUT2D eigenvalue weighted by Gasteiger charge is 2.51. The highest BCUT2D eigenvalue weighted by atomic mass is 16.6. The Balaban J connectivity index is 0.816. The maximum absolute atomic E-state index is 13.2. The Morgan fingerprint density at radius 1 is 0.653 bits per heavy atom. The summed E-state index contributed by atoms with van der Waals surface area (Å²) in [6, 6.07) is 17.4. The van der Waals surface area contributed by atoms with E-state index in [1.165, 1.54) is 12.1 Å². The third-order valence-electron chi connectivity index (χ3n) is 13.4. The van der Waals surface area contributed by atoms with E-state index in [0.29, 0.717) is 165 Å². The largest absolute Gasteiger partial charge is 0.477 e. The van der Waals surface area contributed by atoms with Crippen molar-refractivity contribution in [2.45, 2.75) is 50.4 Å². The van der Waals surface area contributed by atoms with Gasteiger partial charge in [0.2, 0.25) is 0 Å². The minimum absolute atomic E-state index is 0.00682. The number of aromatic nitrogens is 2. The Morgan fingerprint density at radius 2 is 1.21 bits per heavy atom. The Hall–Kier alpha value is -5.24. The molecule has 2 saturated carbocycles. The number of pyridine rings is 2. The second-order valence-electron chi connectivity index (χ2n) is 18.1. The van der Waals surface area contributed by atoms with Gasteiger partial charge in [-0.25, -0.2) is 35.2 Å². The van der Waals surface area contributed by atoms with Gasteiger partial charge in [0.1, 0.15) is 11.4 Å². The third-order valence-corrected chi connectivity index (χ3v) is 13.4. The Morgan fingerprint density at radius 3 is 1.81 bits per heavy atom. The minimum atomic E-state index is -1.15. The first kappa shape index (κ1) is 54.5. The number of alkyl carbamates (subject to hydrolysis) is 1. The molecule has 2 aliphatic carbocycles. The predicted molar refractivity (Wildman–Crippen MR) is 260 cm³/mol. The van der Waals surface area contributed by atoms with Crippen LogP contribution in [0.3, 0.4) is 0 Å². The van der Waals surface area contributed by atoms with Gasteiger partial charge >= 0.3 is 18.0 Å². The summed E-state index contributed by atoms with van der Waals surface area (Å²) >= 11 is 0. The SMILES string of the molecule is O=C(NCCOCCOCCNC(=O)c1ccc(C(c2cccc(C(=O)O)n2)N2CCOCCOCCN(Cc3cccc(C(=O)O)n3)CCOCCOCC2)cc1)OC[C@@H]1[C@@H]2CCC3NNNC3CC[C@@H]21. The lowest BCUT2D eigenvalue weighted by Crippen LogP contribution is -2.36. The summed E-state index contributed by atoms with van der Waals surface area (Å²) in [5, 5.41) is 24.8. The van der Waals surface area contributed by atoms with Crippen LogP contribution in [0.1, 0.15) is 80.0 Å². The molecule has 7 rings (SSSR count). The molecular formula is C50H71N9O13. The molecule has 2 aromatic heterocycles. The molecule has 7 N–H and O–H groups in total. The maximum Gasteiger partial charge on any atom is 0.407 e. The number of ether oxygens (including phenoxy) is 7. The van der Waals surface area contributed by atoms with Crippen molar-refractivity contribution in [2.24, 2.45) is 17.8 Å². The Bertz CT molecular complexity index is 2120. The number of carboxylic acid groups (broad SMARTS) is 2. The molecule has 4 aliphatic rings. The van der Waals surface area contributed by atoms with Gasteiger partial charge in [-0.15, -0.1) is 0 Å². The van der Waals surface area contributed by atoms with Crippen LogP contribution in [0.5, 0.6) is 0 Å². The number of carboxylic acids is 2. The maximum atomic E-state index is 13.2. The van der Waals surface area contributed by atoms with E-state index < -0.39 is 24.1 Å². The van der Waals surface area contributed by atoms with Crippen molar-refractivity contribution in [3.05, 3.63) is 94.6 Å². The monoisotopic (exact) mass is 1010 g/mol. The van der Waals surface area contributed by atoms with Gasteiger partial charge in [-0.2, -0.15) is 5.53 Å². The van der Waals surface area contributed by atoms with E-state index in [2.05, 4.69) is 46.8 Å². The average molecular weight is 1010 g/mol. The zero-order chi connectivity index (χ0) is 50.3. The third kappa shape index (κ3) is 17.5. The topological polar surface area (TPSA) is 266 Å². The zero-order valence-electron chi connectivity index (χ0n) is 40.9. The fourth-order valence-electron chi connectivity index (χ4n) is 9.51. The van der Waals surface area contributed by atoms with E-state index in [1.54, 1.807) is 36.4 Å². The summed E-state index contributed by atoms with van der Waals surface area (Å²) in [5.41, 5.74) is 11.9. The lowest BCUT2D eigenvalue weighted by molar-refractivity contribution is 0.00331.